The fourth-order valence-electron chi connectivity index (χ4n) is 5.03. The van der Waals surface area contributed by atoms with Crippen molar-refractivity contribution in [3.05, 3.63) is 0 Å². The monoisotopic (exact) mass is 268 g/mol. The van der Waals surface area contributed by atoms with Gasteiger partial charge in [0.25, 0.3) is 6.48 Å². The number of ether oxygens (including phenoxy) is 6. The fourth-order valence-corrected chi connectivity index (χ4v) is 5.03. The molecule has 3 spiro atoms. The molecule has 4 bridgehead atoms. The van der Waals surface area contributed by atoms with Crippen LogP contribution in [0.1, 0.15) is 19.3 Å². The van der Waals surface area contributed by atoms with Crippen molar-refractivity contribution in [3.8, 4) is 0 Å². The minimum absolute atomic E-state index is 0.0696. The predicted molar refractivity (Wildman–Crippen MR) is 58.3 cm³/mol. The summed E-state index contributed by atoms with van der Waals surface area (Å²) < 4.78 is 35.8. The van der Waals surface area contributed by atoms with E-state index in [0.717, 1.165) is 39.1 Å². The van der Waals surface area contributed by atoms with Crippen molar-refractivity contribution in [2.45, 2.75) is 60.9 Å². The van der Waals surface area contributed by atoms with E-state index >= 15 is 0 Å². The topological polar surface area (TPSA) is 55.4 Å². The van der Waals surface area contributed by atoms with Gasteiger partial charge in [-0.1, -0.05) is 0 Å². The molecule has 104 valence electrons. The summed E-state index contributed by atoms with van der Waals surface area (Å²) in [7, 11) is 0. The average Bonchev–Trinajstić information content (AvgIpc) is 2.22. The molecule has 0 N–H and O–H groups in total. The van der Waals surface area contributed by atoms with Crippen LogP contribution in [0.5, 0.6) is 0 Å². The molecule has 0 atom stereocenters. The minimum atomic E-state index is -0.570. The normalized spacial score (nSPS) is 68.2. The van der Waals surface area contributed by atoms with Gasteiger partial charge in [-0.15, -0.1) is 0 Å². The third kappa shape index (κ3) is 0.857. The molecular formula is C13H16O6. The zero-order valence-corrected chi connectivity index (χ0v) is 10.5. The molecule has 0 aromatic heterocycles. The molecule has 0 radical (unpaired) electrons. The molecule has 6 heteroatoms. The Balaban J connectivity index is 1.56. The Morgan fingerprint density at radius 3 is 1.11 bits per heavy atom. The van der Waals surface area contributed by atoms with Crippen molar-refractivity contribution in [3.63, 3.8) is 0 Å². The molecule has 6 heterocycles. The van der Waals surface area contributed by atoms with E-state index in [0.29, 0.717) is 0 Å². The third-order valence-corrected chi connectivity index (χ3v) is 6.00. The van der Waals surface area contributed by atoms with Gasteiger partial charge in [0.05, 0.1) is 19.8 Å². The molecule has 0 aromatic rings. The van der Waals surface area contributed by atoms with Crippen LogP contribution in [0.3, 0.4) is 0 Å². The summed E-state index contributed by atoms with van der Waals surface area (Å²) in [5.41, 5.74) is -1.13. The Bertz CT molecular complexity index is 367. The first-order chi connectivity index (χ1) is 9.30. The van der Waals surface area contributed by atoms with E-state index in [1.54, 1.807) is 0 Å². The first-order valence-corrected chi connectivity index (χ1v) is 7.19. The van der Waals surface area contributed by atoms with Gasteiger partial charge in [0, 0.05) is 19.3 Å². The zero-order chi connectivity index (χ0) is 12.3. The largest absolute Gasteiger partial charge is 0.369 e. The SMILES string of the molecule is C1CC2(O1)C1OC3OC2C2(CCO2)C(O3)C12CCO2. The second kappa shape index (κ2) is 2.86. The number of hydrogen-bond donors (Lipinski definition) is 0. The van der Waals surface area contributed by atoms with Gasteiger partial charge in [0.1, 0.15) is 35.1 Å². The predicted octanol–water partition coefficient (Wildman–Crippen LogP) is -0.0563. The highest BCUT2D eigenvalue weighted by Gasteiger charge is 2.84. The van der Waals surface area contributed by atoms with Crippen LogP contribution < -0.4 is 0 Å². The Labute approximate surface area is 110 Å². The lowest BCUT2D eigenvalue weighted by molar-refractivity contribution is -0.574. The van der Waals surface area contributed by atoms with Crippen molar-refractivity contribution < 1.29 is 28.4 Å². The molecule has 6 aliphatic heterocycles. The van der Waals surface area contributed by atoms with Crippen LogP contribution in [-0.4, -0.2) is 61.4 Å². The molecule has 0 amide bonds. The second-order valence-corrected chi connectivity index (χ2v) is 6.50. The summed E-state index contributed by atoms with van der Waals surface area (Å²) in [6.45, 7) is 1.73. The van der Waals surface area contributed by atoms with E-state index < -0.39 is 6.48 Å². The van der Waals surface area contributed by atoms with Gasteiger partial charge in [0.15, 0.2) is 0 Å². The molecule has 1 saturated carbocycles. The van der Waals surface area contributed by atoms with E-state index in [1.165, 1.54) is 0 Å². The lowest BCUT2D eigenvalue weighted by Gasteiger charge is -2.76. The van der Waals surface area contributed by atoms with Crippen molar-refractivity contribution in [2.75, 3.05) is 19.8 Å². The van der Waals surface area contributed by atoms with Crippen molar-refractivity contribution >= 4 is 0 Å². The molecule has 1 aliphatic carbocycles. The van der Waals surface area contributed by atoms with E-state index in [-0.39, 0.29) is 35.1 Å². The second-order valence-electron chi connectivity index (χ2n) is 6.50. The quantitative estimate of drug-likeness (QED) is 0.613. The lowest BCUT2D eigenvalue weighted by atomic mass is 9.54. The third-order valence-electron chi connectivity index (χ3n) is 6.00. The summed E-state index contributed by atoms with van der Waals surface area (Å²) in [4.78, 5) is 0. The van der Waals surface area contributed by atoms with Crippen LogP contribution in [-0.2, 0) is 28.4 Å². The van der Waals surface area contributed by atoms with Gasteiger partial charge >= 0.3 is 0 Å². The van der Waals surface area contributed by atoms with Crippen LogP contribution >= 0.6 is 0 Å². The average molecular weight is 268 g/mol. The highest BCUT2D eigenvalue weighted by molar-refractivity contribution is 5.31. The molecule has 6 nitrogen and oxygen atoms in total. The van der Waals surface area contributed by atoms with Crippen LogP contribution in [0.15, 0.2) is 0 Å². The van der Waals surface area contributed by atoms with Crippen LogP contribution in [0.25, 0.3) is 0 Å². The molecule has 0 unspecified atom stereocenters. The van der Waals surface area contributed by atoms with E-state index in [4.69, 9.17) is 28.4 Å². The van der Waals surface area contributed by atoms with Crippen LogP contribution in [0, 0.1) is 0 Å². The smallest absolute Gasteiger partial charge is 0.273 e. The highest BCUT2D eigenvalue weighted by Crippen LogP contribution is 2.65. The Kier molecular flexibility index (Phi) is 1.58. The minimum Gasteiger partial charge on any atom is -0.369 e. The van der Waals surface area contributed by atoms with Crippen molar-refractivity contribution in [1.29, 1.82) is 0 Å². The summed E-state index contributed by atoms with van der Waals surface area (Å²) in [6.07, 6.45) is 2.66. The Hall–Kier alpha value is -0.240. The first kappa shape index (κ1) is 10.5. The maximum absolute atomic E-state index is 5.99. The summed E-state index contributed by atoms with van der Waals surface area (Å²) in [5.74, 6) is 0. The van der Waals surface area contributed by atoms with Crippen LogP contribution in [0.4, 0.5) is 0 Å². The maximum Gasteiger partial charge on any atom is 0.273 e. The number of hydrogen-bond acceptors (Lipinski definition) is 6. The van der Waals surface area contributed by atoms with Crippen molar-refractivity contribution in [1.82, 2.24) is 0 Å². The van der Waals surface area contributed by atoms with Gasteiger partial charge in [-0.2, -0.15) is 0 Å². The highest BCUT2D eigenvalue weighted by atomic mass is 16.9. The number of rotatable bonds is 0. The Morgan fingerprint density at radius 2 is 0.895 bits per heavy atom. The standard InChI is InChI=1S/C13H16O6/c1-4-14-11(1)7-12(2-5-15-12)9-13(3-6-16-13)8(11)18-10(17-7)19-9/h7-10H,1-6H2. The van der Waals surface area contributed by atoms with Gasteiger partial charge in [0.2, 0.25) is 0 Å². The summed E-state index contributed by atoms with van der Waals surface area (Å²) in [5, 5.41) is 0. The van der Waals surface area contributed by atoms with E-state index in [9.17, 15) is 0 Å². The fraction of sp³-hybridized carbons (Fsp3) is 1.00. The molecule has 19 heavy (non-hydrogen) atoms. The van der Waals surface area contributed by atoms with Gasteiger partial charge in [-0.25, -0.2) is 0 Å². The molecular weight excluding hydrogens is 252 g/mol. The van der Waals surface area contributed by atoms with Gasteiger partial charge < -0.3 is 28.4 Å². The lowest BCUT2D eigenvalue weighted by Crippen LogP contribution is -2.94. The molecule has 7 fully saturated rings. The van der Waals surface area contributed by atoms with Gasteiger partial charge in [-0.05, 0) is 0 Å². The molecule has 7 rings (SSSR count). The molecule has 7 aliphatic rings. The molecule has 0 aromatic carbocycles. The van der Waals surface area contributed by atoms with E-state index in [2.05, 4.69) is 0 Å². The first-order valence-electron chi connectivity index (χ1n) is 7.19. The summed E-state index contributed by atoms with van der Waals surface area (Å²) in [6, 6.07) is 0. The maximum atomic E-state index is 5.99. The van der Waals surface area contributed by atoms with Crippen molar-refractivity contribution in [2.24, 2.45) is 0 Å². The summed E-state index contributed by atoms with van der Waals surface area (Å²) >= 11 is 0. The zero-order valence-electron chi connectivity index (χ0n) is 10.5. The molecule has 6 saturated heterocycles. The van der Waals surface area contributed by atoms with E-state index in [1.807, 2.05) is 0 Å². The van der Waals surface area contributed by atoms with Gasteiger partial charge in [-0.3, -0.25) is 0 Å². The Morgan fingerprint density at radius 1 is 0.579 bits per heavy atom. The van der Waals surface area contributed by atoms with Crippen LogP contribution in [0.2, 0.25) is 0 Å².